The van der Waals surface area contributed by atoms with Crippen LogP contribution >= 0.6 is 0 Å². The van der Waals surface area contributed by atoms with Crippen molar-refractivity contribution in [2.75, 3.05) is 35.6 Å². The quantitative estimate of drug-likeness (QED) is 0.856. The summed E-state index contributed by atoms with van der Waals surface area (Å²) in [6.07, 6.45) is 7.73. The van der Waals surface area contributed by atoms with Crippen LogP contribution in [0.1, 0.15) is 39.0 Å². The highest BCUT2D eigenvalue weighted by Crippen LogP contribution is 2.27. The van der Waals surface area contributed by atoms with Crippen LogP contribution in [0.2, 0.25) is 0 Å². The maximum atomic E-state index is 6.18. The fraction of sp³-hybridized carbons (Fsp3) is 0.692. The molecule has 0 saturated carbocycles. The van der Waals surface area contributed by atoms with Crippen molar-refractivity contribution in [1.29, 1.82) is 0 Å². The van der Waals surface area contributed by atoms with Crippen LogP contribution in [-0.2, 0) is 0 Å². The summed E-state index contributed by atoms with van der Waals surface area (Å²) in [6.45, 7) is 5.11. The molecule has 1 aromatic heterocycles. The van der Waals surface area contributed by atoms with Gasteiger partial charge in [-0.25, -0.2) is 9.97 Å². The van der Waals surface area contributed by atoms with Gasteiger partial charge in [0.2, 0.25) is 0 Å². The summed E-state index contributed by atoms with van der Waals surface area (Å²) < 4.78 is 0. The Morgan fingerprint density at radius 3 is 2.61 bits per heavy atom. The van der Waals surface area contributed by atoms with Crippen LogP contribution in [-0.4, -0.2) is 29.6 Å². The maximum Gasteiger partial charge on any atom is 0.157 e. The molecule has 0 atom stereocenters. The number of nitrogen functional groups attached to an aromatic ring is 1. The lowest BCUT2D eigenvalue weighted by atomic mass is 10.2. The highest BCUT2D eigenvalue weighted by Gasteiger charge is 2.16. The number of anilines is 3. The molecule has 0 radical (unpaired) electrons. The van der Waals surface area contributed by atoms with Crippen LogP contribution in [0.4, 0.5) is 17.3 Å². The first-order valence-corrected chi connectivity index (χ1v) is 6.92. The van der Waals surface area contributed by atoms with E-state index in [1.807, 2.05) is 0 Å². The van der Waals surface area contributed by atoms with Gasteiger partial charge in [0.15, 0.2) is 11.6 Å². The third-order valence-corrected chi connectivity index (χ3v) is 3.31. The Labute approximate surface area is 109 Å². The van der Waals surface area contributed by atoms with Crippen molar-refractivity contribution in [3.8, 4) is 0 Å². The molecule has 0 bridgehead atoms. The van der Waals surface area contributed by atoms with Crippen molar-refractivity contribution >= 4 is 17.3 Å². The Kier molecular flexibility index (Phi) is 4.61. The van der Waals surface area contributed by atoms with Gasteiger partial charge in [0.1, 0.15) is 12.0 Å². The van der Waals surface area contributed by atoms with E-state index in [1.54, 1.807) is 6.33 Å². The number of nitrogens with zero attached hydrogens (tertiary/aromatic N) is 3. The van der Waals surface area contributed by atoms with Gasteiger partial charge in [-0.15, -0.1) is 0 Å². The molecular formula is C13H23N5. The van der Waals surface area contributed by atoms with Gasteiger partial charge in [0.25, 0.3) is 0 Å². The molecule has 0 unspecified atom stereocenters. The first-order chi connectivity index (χ1) is 8.83. The van der Waals surface area contributed by atoms with Crippen LogP contribution < -0.4 is 16.0 Å². The molecule has 100 valence electrons. The number of nitrogens with one attached hydrogen (secondary N) is 1. The minimum absolute atomic E-state index is 0.688. The van der Waals surface area contributed by atoms with E-state index in [4.69, 9.17) is 5.73 Å². The van der Waals surface area contributed by atoms with Gasteiger partial charge < -0.3 is 16.0 Å². The Hall–Kier alpha value is -1.52. The van der Waals surface area contributed by atoms with Crippen molar-refractivity contribution in [2.24, 2.45) is 0 Å². The average Bonchev–Trinajstić information content (AvgIpc) is 2.66. The molecule has 0 amide bonds. The number of hydrogen-bond donors (Lipinski definition) is 2. The molecule has 5 nitrogen and oxygen atoms in total. The minimum atomic E-state index is 0.688. The van der Waals surface area contributed by atoms with Crippen LogP contribution in [0.15, 0.2) is 6.33 Å². The van der Waals surface area contributed by atoms with E-state index in [2.05, 4.69) is 27.1 Å². The number of rotatable bonds is 4. The smallest absolute Gasteiger partial charge is 0.157 e. The second-order valence-electron chi connectivity index (χ2n) is 4.79. The van der Waals surface area contributed by atoms with Crippen LogP contribution in [0, 0.1) is 0 Å². The van der Waals surface area contributed by atoms with Crippen LogP contribution in [0.5, 0.6) is 0 Å². The minimum Gasteiger partial charge on any atom is -0.393 e. The zero-order valence-corrected chi connectivity index (χ0v) is 11.2. The SMILES string of the molecule is CCCNc1ncnc(N2CCCCCC2)c1N. The van der Waals surface area contributed by atoms with Crippen molar-refractivity contribution in [1.82, 2.24) is 9.97 Å². The second-order valence-corrected chi connectivity index (χ2v) is 4.79. The zero-order valence-electron chi connectivity index (χ0n) is 11.2. The molecule has 5 heteroatoms. The molecule has 1 fully saturated rings. The molecule has 0 spiro atoms. The molecular weight excluding hydrogens is 226 g/mol. The van der Waals surface area contributed by atoms with Gasteiger partial charge in [-0.05, 0) is 19.3 Å². The third-order valence-electron chi connectivity index (χ3n) is 3.31. The molecule has 2 rings (SSSR count). The summed E-state index contributed by atoms with van der Waals surface area (Å²) in [5.74, 6) is 1.66. The van der Waals surface area contributed by atoms with Gasteiger partial charge in [0.05, 0.1) is 0 Å². The maximum absolute atomic E-state index is 6.18. The van der Waals surface area contributed by atoms with Gasteiger partial charge in [-0.3, -0.25) is 0 Å². The third kappa shape index (κ3) is 3.03. The summed E-state index contributed by atoms with van der Waals surface area (Å²) in [4.78, 5) is 10.9. The fourth-order valence-electron chi connectivity index (χ4n) is 2.31. The second kappa shape index (κ2) is 6.42. The predicted molar refractivity (Wildman–Crippen MR) is 75.9 cm³/mol. The molecule has 2 heterocycles. The van der Waals surface area contributed by atoms with Crippen molar-refractivity contribution in [3.05, 3.63) is 6.33 Å². The molecule has 1 aromatic rings. The summed E-state index contributed by atoms with van der Waals surface area (Å²) in [5, 5.41) is 3.25. The lowest BCUT2D eigenvalue weighted by molar-refractivity contribution is 0.726. The van der Waals surface area contributed by atoms with Crippen molar-refractivity contribution < 1.29 is 0 Å². The fourth-order valence-corrected chi connectivity index (χ4v) is 2.31. The Morgan fingerprint density at radius 1 is 1.22 bits per heavy atom. The van der Waals surface area contributed by atoms with E-state index in [1.165, 1.54) is 25.7 Å². The number of hydrogen-bond acceptors (Lipinski definition) is 5. The predicted octanol–water partition coefficient (Wildman–Crippen LogP) is 2.26. The molecule has 0 aromatic carbocycles. The Morgan fingerprint density at radius 2 is 1.94 bits per heavy atom. The van der Waals surface area contributed by atoms with E-state index >= 15 is 0 Å². The lowest BCUT2D eigenvalue weighted by Crippen LogP contribution is -2.26. The van der Waals surface area contributed by atoms with E-state index in [9.17, 15) is 0 Å². The van der Waals surface area contributed by atoms with E-state index in [-0.39, 0.29) is 0 Å². The zero-order chi connectivity index (χ0) is 12.8. The first-order valence-electron chi connectivity index (χ1n) is 6.92. The van der Waals surface area contributed by atoms with Gasteiger partial charge >= 0.3 is 0 Å². The largest absolute Gasteiger partial charge is 0.393 e. The average molecular weight is 249 g/mol. The Bertz CT molecular complexity index is 372. The molecule has 0 aliphatic carbocycles. The summed E-state index contributed by atoms with van der Waals surface area (Å²) in [5.41, 5.74) is 6.86. The lowest BCUT2D eigenvalue weighted by Gasteiger charge is -2.23. The molecule has 1 saturated heterocycles. The summed E-state index contributed by atoms with van der Waals surface area (Å²) in [7, 11) is 0. The normalized spacial score (nSPS) is 16.4. The highest BCUT2D eigenvalue weighted by molar-refractivity contribution is 5.74. The van der Waals surface area contributed by atoms with E-state index < -0.39 is 0 Å². The molecule has 18 heavy (non-hydrogen) atoms. The van der Waals surface area contributed by atoms with E-state index in [0.717, 1.165) is 37.7 Å². The monoisotopic (exact) mass is 249 g/mol. The Balaban J connectivity index is 2.15. The summed E-state index contributed by atoms with van der Waals surface area (Å²) >= 11 is 0. The first kappa shape index (κ1) is 12.9. The molecule has 1 aliphatic rings. The topological polar surface area (TPSA) is 67.1 Å². The van der Waals surface area contributed by atoms with E-state index in [0.29, 0.717) is 5.69 Å². The standard InChI is InChI=1S/C13H23N5/c1-2-7-15-12-11(14)13(17-10-16-12)18-8-5-3-4-6-9-18/h10H,2-9,14H2,1H3,(H,15,16,17). The number of aromatic nitrogens is 2. The van der Waals surface area contributed by atoms with Gasteiger partial charge in [-0.1, -0.05) is 19.8 Å². The van der Waals surface area contributed by atoms with Gasteiger partial charge in [-0.2, -0.15) is 0 Å². The van der Waals surface area contributed by atoms with Crippen molar-refractivity contribution in [3.63, 3.8) is 0 Å². The van der Waals surface area contributed by atoms with Crippen molar-refractivity contribution in [2.45, 2.75) is 39.0 Å². The van der Waals surface area contributed by atoms with Crippen LogP contribution in [0.25, 0.3) is 0 Å². The summed E-state index contributed by atoms with van der Waals surface area (Å²) in [6, 6.07) is 0. The molecule has 1 aliphatic heterocycles. The van der Waals surface area contributed by atoms with Gasteiger partial charge in [0, 0.05) is 19.6 Å². The molecule has 3 N–H and O–H groups in total. The highest BCUT2D eigenvalue weighted by atomic mass is 15.2. The number of nitrogens with two attached hydrogens (primary N) is 1. The van der Waals surface area contributed by atoms with Crippen LogP contribution in [0.3, 0.4) is 0 Å².